The number of carbonyl (C=O) groups excluding carboxylic acids is 1. The molecule has 6 heteroatoms. The van der Waals surface area contributed by atoms with Crippen molar-refractivity contribution in [2.24, 2.45) is 0 Å². The number of hydrogen-bond donors (Lipinski definition) is 2. The number of anilines is 2. The maximum Gasteiger partial charge on any atom is 0.270 e. The summed E-state index contributed by atoms with van der Waals surface area (Å²) in [6.07, 6.45) is 7.34. The van der Waals surface area contributed by atoms with E-state index in [1.54, 1.807) is 32.5 Å². The van der Waals surface area contributed by atoms with Crippen molar-refractivity contribution in [3.8, 4) is 11.5 Å². The first-order valence-corrected chi connectivity index (χ1v) is 8.95. The van der Waals surface area contributed by atoms with Crippen LogP contribution < -0.4 is 20.1 Å². The fourth-order valence-electron chi connectivity index (χ4n) is 3.20. The maximum absolute atomic E-state index is 12.5. The van der Waals surface area contributed by atoms with Crippen LogP contribution in [0.4, 0.5) is 11.4 Å². The second-order valence-corrected chi connectivity index (χ2v) is 6.43. The summed E-state index contributed by atoms with van der Waals surface area (Å²) in [5.74, 6) is 1.26. The van der Waals surface area contributed by atoms with E-state index in [2.05, 4.69) is 15.6 Å². The number of carbonyl (C=O) groups is 1. The van der Waals surface area contributed by atoms with Crippen LogP contribution in [-0.4, -0.2) is 31.2 Å². The molecule has 2 aromatic rings. The molecule has 0 unspecified atom stereocenters. The molecule has 138 valence electrons. The topological polar surface area (TPSA) is 72.5 Å². The molecule has 0 bridgehead atoms. The predicted octanol–water partition coefficient (Wildman–Crippen LogP) is 3.90. The van der Waals surface area contributed by atoms with Gasteiger partial charge in [-0.05, 0) is 37.1 Å². The van der Waals surface area contributed by atoms with Gasteiger partial charge in [0.05, 0.1) is 19.9 Å². The third-order valence-corrected chi connectivity index (χ3v) is 4.62. The molecule has 0 radical (unpaired) electrons. The third kappa shape index (κ3) is 4.45. The van der Waals surface area contributed by atoms with Crippen LogP contribution in [-0.2, 0) is 0 Å². The Balaban J connectivity index is 1.72. The molecule has 3 rings (SSSR count). The van der Waals surface area contributed by atoms with E-state index < -0.39 is 0 Å². The number of hydrogen-bond acceptors (Lipinski definition) is 5. The highest BCUT2D eigenvalue weighted by Gasteiger charge is 2.17. The van der Waals surface area contributed by atoms with Crippen LogP contribution in [0.2, 0.25) is 0 Å². The minimum atomic E-state index is -0.123. The van der Waals surface area contributed by atoms with Gasteiger partial charge in [0.25, 0.3) is 5.91 Å². The van der Waals surface area contributed by atoms with Crippen molar-refractivity contribution < 1.29 is 14.3 Å². The average Bonchev–Trinajstić information content (AvgIpc) is 2.69. The summed E-state index contributed by atoms with van der Waals surface area (Å²) in [5, 5.41) is 6.37. The number of aromatic nitrogens is 1. The van der Waals surface area contributed by atoms with Gasteiger partial charge in [-0.1, -0.05) is 19.3 Å². The van der Waals surface area contributed by atoms with Gasteiger partial charge in [-0.2, -0.15) is 0 Å². The lowest BCUT2D eigenvalue weighted by Gasteiger charge is -2.22. The van der Waals surface area contributed by atoms with Crippen LogP contribution in [0.3, 0.4) is 0 Å². The number of methoxy groups -OCH3 is 2. The van der Waals surface area contributed by atoms with Crippen molar-refractivity contribution in [3.05, 3.63) is 42.2 Å². The number of nitrogens with one attached hydrogen (secondary N) is 2. The van der Waals surface area contributed by atoms with E-state index in [1.165, 1.54) is 19.3 Å². The summed E-state index contributed by atoms with van der Waals surface area (Å²) in [4.78, 5) is 16.7. The van der Waals surface area contributed by atoms with Gasteiger partial charge in [0.15, 0.2) is 0 Å². The molecular formula is C20H25N3O3. The van der Waals surface area contributed by atoms with Gasteiger partial charge in [0, 0.05) is 24.0 Å². The SMILES string of the molecule is COc1ccc(Nc2ccnc(C(=O)NC3CCCCC3)c2)c(OC)c1. The maximum atomic E-state index is 12.5. The predicted molar refractivity (Wildman–Crippen MR) is 101 cm³/mol. The van der Waals surface area contributed by atoms with Crippen LogP contribution in [0, 0.1) is 0 Å². The van der Waals surface area contributed by atoms with Gasteiger partial charge in [-0.15, -0.1) is 0 Å². The van der Waals surface area contributed by atoms with Crippen molar-refractivity contribution in [2.45, 2.75) is 38.1 Å². The molecule has 1 amide bonds. The second-order valence-electron chi connectivity index (χ2n) is 6.43. The number of rotatable bonds is 6. The molecule has 1 saturated carbocycles. The quantitative estimate of drug-likeness (QED) is 0.822. The fraction of sp³-hybridized carbons (Fsp3) is 0.400. The molecule has 1 aromatic carbocycles. The van der Waals surface area contributed by atoms with Crippen molar-refractivity contribution in [3.63, 3.8) is 0 Å². The Labute approximate surface area is 153 Å². The van der Waals surface area contributed by atoms with Gasteiger partial charge in [-0.3, -0.25) is 9.78 Å². The fourth-order valence-corrected chi connectivity index (χ4v) is 3.20. The van der Waals surface area contributed by atoms with Crippen LogP contribution >= 0.6 is 0 Å². The number of pyridine rings is 1. The average molecular weight is 355 g/mol. The Morgan fingerprint density at radius 3 is 2.62 bits per heavy atom. The Morgan fingerprint density at radius 2 is 1.88 bits per heavy atom. The number of amides is 1. The molecule has 2 N–H and O–H groups in total. The van der Waals surface area contributed by atoms with Crippen molar-refractivity contribution in [1.29, 1.82) is 0 Å². The molecule has 0 spiro atoms. The van der Waals surface area contributed by atoms with E-state index in [4.69, 9.17) is 9.47 Å². The zero-order valence-corrected chi connectivity index (χ0v) is 15.2. The molecule has 1 heterocycles. The van der Waals surface area contributed by atoms with Gasteiger partial charge >= 0.3 is 0 Å². The van der Waals surface area contributed by atoms with Gasteiger partial charge in [0.1, 0.15) is 17.2 Å². The zero-order chi connectivity index (χ0) is 18.4. The van der Waals surface area contributed by atoms with Crippen LogP contribution in [0.5, 0.6) is 11.5 Å². The number of benzene rings is 1. The standard InChI is InChI=1S/C20H25N3O3/c1-25-16-8-9-17(19(13-16)26-2)22-15-10-11-21-18(12-15)20(24)23-14-6-4-3-5-7-14/h8-14H,3-7H2,1-2H3,(H,21,22)(H,23,24). The van der Waals surface area contributed by atoms with Gasteiger partial charge < -0.3 is 20.1 Å². The number of nitrogens with zero attached hydrogens (tertiary/aromatic N) is 1. The van der Waals surface area contributed by atoms with Crippen LogP contribution in [0.25, 0.3) is 0 Å². The van der Waals surface area contributed by atoms with Crippen molar-refractivity contribution >= 4 is 17.3 Å². The smallest absolute Gasteiger partial charge is 0.270 e. The molecule has 26 heavy (non-hydrogen) atoms. The first kappa shape index (κ1) is 18.0. The highest BCUT2D eigenvalue weighted by molar-refractivity contribution is 5.93. The highest BCUT2D eigenvalue weighted by atomic mass is 16.5. The zero-order valence-electron chi connectivity index (χ0n) is 15.2. The first-order chi connectivity index (χ1) is 12.7. The van der Waals surface area contributed by atoms with E-state index >= 15 is 0 Å². The lowest BCUT2D eigenvalue weighted by Crippen LogP contribution is -2.36. The Kier molecular flexibility index (Phi) is 5.94. The summed E-state index contributed by atoms with van der Waals surface area (Å²) in [5.41, 5.74) is 1.98. The Morgan fingerprint density at radius 1 is 1.08 bits per heavy atom. The molecule has 0 aliphatic heterocycles. The molecule has 1 aliphatic carbocycles. The lowest BCUT2D eigenvalue weighted by molar-refractivity contribution is 0.0922. The lowest BCUT2D eigenvalue weighted by atomic mass is 9.95. The van der Waals surface area contributed by atoms with E-state index in [-0.39, 0.29) is 11.9 Å². The summed E-state index contributed by atoms with van der Waals surface area (Å²) in [7, 11) is 3.22. The molecule has 0 saturated heterocycles. The van der Waals surface area contributed by atoms with Crippen molar-refractivity contribution in [2.75, 3.05) is 19.5 Å². The Hall–Kier alpha value is -2.76. The first-order valence-electron chi connectivity index (χ1n) is 8.95. The Bertz CT molecular complexity index is 758. The van der Waals surface area contributed by atoms with E-state index in [9.17, 15) is 4.79 Å². The molecule has 6 nitrogen and oxygen atoms in total. The van der Waals surface area contributed by atoms with Crippen LogP contribution in [0.15, 0.2) is 36.5 Å². The largest absolute Gasteiger partial charge is 0.497 e. The third-order valence-electron chi connectivity index (χ3n) is 4.62. The summed E-state index contributed by atoms with van der Waals surface area (Å²) < 4.78 is 10.6. The van der Waals surface area contributed by atoms with Gasteiger partial charge in [-0.25, -0.2) is 0 Å². The minimum Gasteiger partial charge on any atom is -0.497 e. The normalized spacial score (nSPS) is 14.5. The molecule has 1 aliphatic rings. The molecule has 1 aromatic heterocycles. The second kappa shape index (κ2) is 8.56. The van der Waals surface area contributed by atoms with E-state index in [1.807, 2.05) is 18.2 Å². The van der Waals surface area contributed by atoms with Gasteiger partial charge in [0.2, 0.25) is 0 Å². The number of ether oxygens (including phenoxy) is 2. The molecular weight excluding hydrogens is 330 g/mol. The minimum absolute atomic E-state index is 0.123. The monoisotopic (exact) mass is 355 g/mol. The summed E-state index contributed by atoms with van der Waals surface area (Å²) >= 11 is 0. The highest BCUT2D eigenvalue weighted by Crippen LogP contribution is 2.31. The summed E-state index contributed by atoms with van der Waals surface area (Å²) in [6, 6.07) is 9.36. The van der Waals surface area contributed by atoms with Crippen LogP contribution in [0.1, 0.15) is 42.6 Å². The van der Waals surface area contributed by atoms with E-state index in [0.29, 0.717) is 11.4 Å². The molecule has 0 atom stereocenters. The van der Waals surface area contributed by atoms with E-state index in [0.717, 1.165) is 30.0 Å². The molecule has 1 fully saturated rings. The van der Waals surface area contributed by atoms with Crippen molar-refractivity contribution in [1.82, 2.24) is 10.3 Å². The summed E-state index contributed by atoms with van der Waals surface area (Å²) in [6.45, 7) is 0.